The second kappa shape index (κ2) is 8.94. The summed E-state index contributed by atoms with van der Waals surface area (Å²) in [5, 5.41) is 20.6. The van der Waals surface area contributed by atoms with Crippen LogP contribution in [0.15, 0.2) is 29.3 Å². The first-order chi connectivity index (χ1) is 15.2. The van der Waals surface area contributed by atoms with Crippen molar-refractivity contribution in [1.29, 1.82) is 0 Å². The number of nitrogens with one attached hydrogen (secondary N) is 3. The predicted octanol–water partition coefficient (Wildman–Crippen LogP) is 1.99. The molecule has 3 aliphatic heterocycles. The SMILES string of the molecule is O=C(NCC1CCNCC1)c1nc2c(s1)NCN=C2N1CC(CCO)c2ccccc21. The zero-order chi connectivity index (χ0) is 21.2. The van der Waals surface area contributed by atoms with E-state index >= 15 is 0 Å². The quantitative estimate of drug-likeness (QED) is 0.567. The number of para-hydroxylation sites is 1. The number of piperidine rings is 1. The molecule has 8 nitrogen and oxygen atoms in total. The number of aliphatic hydroxyl groups excluding tert-OH is 1. The Balaban J connectivity index is 1.35. The summed E-state index contributed by atoms with van der Waals surface area (Å²) in [6, 6.07) is 8.28. The molecule has 0 radical (unpaired) electrons. The van der Waals surface area contributed by atoms with Crippen LogP contribution in [0, 0.1) is 5.92 Å². The van der Waals surface area contributed by atoms with Crippen molar-refractivity contribution in [3.8, 4) is 0 Å². The number of hydrogen-bond donors (Lipinski definition) is 4. The molecular formula is C22H28N6O2S. The third-order valence-corrected chi connectivity index (χ3v) is 7.33. The highest BCUT2D eigenvalue weighted by Gasteiger charge is 2.34. The fourth-order valence-electron chi connectivity index (χ4n) is 4.66. The Bertz CT molecular complexity index is 984. The number of amides is 1. The van der Waals surface area contributed by atoms with Gasteiger partial charge in [-0.15, -0.1) is 0 Å². The molecule has 164 valence electrons. The number of rotatable bonds is 5. The lowest BCUT2D eigenvalue weighted by atomic mass is 9.98. The van der Waals surface area contributed by atoms with Crippen LogP contribution in [0.5, 0.6) is 0 Å². The molecule has 4 heterocycles. The number of aliphatic imine (C=N–C) groups is 1. The maximum absolute atomic E-state index is 12.8. The summed E-state index contributed by atoms with van der Waals surface area (Å²) in [6.45, 7) is 4.11. The summed E-state index contributed by atoms with van der Waals surface area (Å²) in [6.07, 6.45) is 2.90. The van der Waals surface area contributed by atoms with Crippen molar-refractivity contribution in [2.75, 3.05) is 49.7 Å². The molecule has 1 amide bonds. The molecule has 4 N–H and O–H groups in total. The van der Waals surface area contributed by atoms with E-state index in [-0.39, 0.29) is 18.4 Å². The number of amidine groups is 1. The van der Waals surface area contributed by atoms with E-state index in [0.717, 1.165) is 54.7 Å². The number of benzene rings is 1. The van der Waals surface area contributed by atoms with E-state index in [4.69, 9.17) is 9.98 Å². The summed E-state index contributed by atoms with van der Waals surface area (Å²) >= 11 is 1.39. The predicted molar refractivity (Wildman–Crippen MR) is 123 cm³/mol. The number of anilines is 2. The first-order valence-corrected chi connectivity index (χ1v) is 11.8. The number of carbonyl (C=O) groups excluding carboxylic acids is 1. The van der Waals surface area contributed by atoms with Gasteiger partial charge in [-0.25, -0.2) is 9.98 Å². The molecule has 1 atom stereocenters. The van der Waals surface area contributed by atoms with Gasteiger partial charge >= 0.3 is 0 Å². The van der Waals surface area contributed by atoms with E-state index in [9.17, 15) is 9.90 Å². The molecule has 0 saturated carbocycles. The molecule has 3 aliphatic rings. The van der Waals surface area contributed by atoms with Gasteiger partial charge in [0.15, 0.2) is 10.8 Å². The zero-order valence-corrected chi connectivity index (χ0v) is 18.2. The van der Waals surface area contributed by atoms with Crippen molar-refractivity contribution in [2.45, 2.75) is 25.2 Å². The Kier molecular flexibility index (Phi) is 5.89. The third kappa shape index (κ3) is 4.05. The molecule has 0 aliphatic carbocycles. The van der Waals surface area contributed by atoms with Crippen molar-refractivity contribution in [1.82, 2.24) is 15.6 Å². The molecule has 1 aromatic carbocycles. The van der Waals surface area contributed by atoms with Gasteiger partial charge in [-0.05, 0) is 49.9 Å². The topological polar surface area (TPSA) is 102 Å². The number of carbonyl (C=O) groups is 1. The number of aromatic nitrogens is 1. The maximum atomic E-state index is 12.8. The minimum Gasteiger partial charge on any atom is -0.396 e. The Morgan fingerprint density at radius 1 is 1.29 bits per heavy atom. The Labute approximate surface area is 185 Å². The average Bonchev–Trinajstić information content (AvgIpc) is 3.41. The average molecular weight is 441 g/mol. The van der Waals surface area contributed by atoms with Crippen LogP contribution < -0.4 is 20.9 Å². The Morgan fingerprint density at radius 3 is 2.97 bits per heavy atom. The number of fused-ring (bicyclic) bond motifs is 2. The van der Waals surface area contributed by atoms with E-state index in [2.05, 4.69) is 33.0 Å². The van der Waals surface area contributed by atoms with E-state index in [0.29, 0.717) is 30.6 Å². The van der Waals surface area contributed by atoms with E-state index in [1.54, 1.807) is 0 Å². The highest BCUT2D eigenvalue weighted by Crippen LogP contribution is 2.40. The molecule has 1 fully saturated rings. The largest absolute Gasteiger partial charge is 0.396 e. The van der Waals surface area contributed by atoms with Gasteiger partial charge in [0.2, 0.25) is 0 Å². The lowest BCUT2D eigenvalue weighted by molar-refractivity contribution is 0.0944. The second-order valence-electron chi connectivity index (χ2n) is 8.30. The fourth-order valence-corrected chi connectivity index (χ4v) is 5.53. The molecule has 5 rings (SSSR count). The van der Waals surface area contributed by atoms with Crippen LogP contribution in [0.2, 0.25) is 0 Å². The highest BCUT2D eigenvalue weighted by molar-refractivity contribution is 7.18. The molecule has 2 aromatic rings. The van der Waals surface area contributed by atoms with Crippen molar-refractivity contribution in [2.24, 2.45) is 10.9 Å². The van der Waals surface area contributed by atoms with Crippen LogP contribution in [0.25, 0.3) is 0 Å². The van der Waals surface area contributed by atoms with Gasteiger partial charge in [-0.2, -0.15) is 0 Å². The second-order valence-corrected chi connectivity index (χ2v) is 9.29. The lowest BCUT2D eigenvalue weighted by Crippen LogP contribution is -2.36. The first-order valence-electron chi connectivity index (χ1n) is 11.0. The van der Waals surface area contributed by atoms with Gasteiger partial charge in [0.05, 0.1) is 0 Å². The van der Waals surface area contributed by atoms with Gasteiger partial charge in [0.1, 0.15) is 17.4 Å². The molecular weight excluding hydrogens is 412 g/mol. The molecule has 1 aromatic heterocycles. The van der Waals surface area contributed by atoms with Crippen LogP contribution >= 0.6 is 11.3 Å². The van der Waals surface area contributed by atoms with Crippen LogP contribution in [-0.2, 0) is 0 Å². The van der Waals surface area contributed by atoms with E-state index in [1.807, 2.05) is 12.1 Å². The van der Waals surface area contributed by atoms with Crippen molar-refractivity contribution >= 4 is 33.8 Å². The summed E-state index contributed by atoms with van der Waals surface area (Å²) in [5.41, 5.74) is 3.08. The minimum atomic E-state index is -0.112. The van der Waals surface area contributed by atoms with Gasteiger partial charge in [0, 0.05) is 31.3 Å². The number of thiazole rings is 1. The molecule has 31 heavy (non-hydrogen) atoms. The molecule has 0 spiro atoms. The third-order valence-electron chi connectivity index (χ3n) is 6.32. The lowest BCUT2D eigenvalue weighted by Gasteiger charge is -2.24. The van der Waals surface area contributed by atoms with Gasteiger partial charge < -0.3 is 26.0 Å². The number of nitrogens with zero attached hydrogens (tertiary/aromatic N) is 3. The summed E-state index contributed by atoms with van der Waals surface area (Å²) in [5.74, 6) is 1.47. The molecule has 1 saturated heterocycles. The smallest absolute Gasteiger partial charge is 0.280 e. The minimum absolute atomic E-state index is 0.112. The van der Waals surface area contributed by atoms with Gasteiger partial charge in [0.25, 0.3) is 5.91 Å². The molecule has 0 bridgehead atoms. The van der Waals surface area contributed by atoms with Crippen LogP contribution in [0.1, 0.15) is 46.2 Å². The van der Waals surface area contributed by atoms with Crippen LogP contribution in [0.3, 0.4) is 0 Å². The van der Waals surface area contributed by atoms with Gasteiger partial charge in [-0.3, -0.25) is 4.79 Å². The fraction of sp³-hybridized carbons (Fsp3) is 0.500. The summed E-state index contributed by atoms with van der Waals surface area (Å²) in [7, 11) is 0. The Morgan fingerprint density at radius 2 is 2.13 bits per heavy atom. The molecule has 1 unspecified atom stereocenters. The van der Waals surface area contributed by atoms with Crippen LogP contribution in [-0.4, -0.2) is 61.3 Å². The van der Waals surface area contributed by atoms with Crippen molar-refractivity contribution in [3.63, 3.8) is 0 Å². The summed E-state index contributed by atoms with van der Waals surface area (Å²) in [4.78, 5) is 24.4. The standard InChI is InChI=1S/C22H28N6O2S/c29-10-7-15-12-28(17-4-2-1-3-16(15)17)19-18-21(26-13-25-19)31-22(27-18)20(30)24-11-14-5-8-23-9-6-14/h1-4,14-15,23,26,29H,5-13H2,(H,24,30). The van der Waals surface area contributed by atoms with Gasteiger partial charge in [-0.1, -0.05) is 29.5 Å². The highest BCUT2D eigenvalue weighted by atomic mass is 32.1. The van der Waals surface area contributed by atoms with Crippen LogP contribution in [0.4, 0.5) is 10.7 Å². The van der Waals surface area contributed by atoms with E-state index < -0.39 is 0 Å². The zero-order valence-electron chi connectivity index (χ0n) is 17.4. The number of aliphatic hydroxyl groups is 1. The maximum Gasteiger partial charge on any atom is 0.280 e. The van der Waals surface area contributed by atoms with E-state index in [1.165, 1.54) is 16.9 Å². The molecule has 9 heteroatoms. The van der Waals surface area contributed by atoms with Crippen molar-refractivity contribution < 1.29 is 9.90 Å². The monoisotopic (exact) mass is 440 g/mol. The Hall–Kier alpha value is -2.49. The summed E-state index contributed by atoms with van der Waals surface area (Å²) < 4.78 is 0. The first kappa shape index (κ1) is 20.4. The normalized spacial score (nSPS) is 20.6. The number of hydrogen-bond acceptors (Lipinski definition) is 8. The van der Waals surface area contributed by atoms with Crippen molar-refractivity contribution in [3.05, 3.63) is 40.5 Å².